The van der Waals surface area contributed by atoms with Crippen molar-refractivity contribution in [2.75, 3.05) is 5.75 Å². The summed E-state index contributed by atoms with van der Waals surface area (Å²) in [5.41, 5.74) is 3.19. The topological polar surface area (TPSA) is 26.3 Å². The number of esters is 1. The van der Waals surface area contributed by atoms with Crippen molar-refractivity contribution in [3.63, 3.8) is 0 Å². The molecular weight excluding hydrogens is 328 g/mol. The molecule has 25 heavy (non-hydrogen) atoms. The first-order chi connectivity index (χ1) is 12.1. The molecule has 1 saturated carbocycles. The number of benzene rings is 1. The minimum atomic E-state index is 0.0299. The van der Waals surface area contributed by atoms with Crippen LogP contribution in [-0.4, -0.2) is 17.8 Å². The van der Waals surface area contributed by atoms with E-state index >= 15 is 0 Å². The zero-order valence-electron chi connectivity index (χ0n) is 15.2. The summed E-state index contributed by atoms with van der Waals surface area (Å²) in [7, 11) is 0. The van der Waals surface area contributed by atoms with Gasteiger partial charge in [-0.3, -0.25) is 4.79 Å². The number of ether oxygens (including phenoxy) is 1. The second kappa shape index (κ2) is 6.83. The molecule has 1 aliphatic heterocycles. The molecule has 3 aliphatic rings. The second-order valence-corrected chi connectivity index (χ2v) is 9.37. The van der Waals surface area contributed by atoms with Crippen molar-refractivity contribution in [2.45, 2.75) is 51.4 Å². The zero-order valence-corrected chi connectivity index (χ0v) is 16.1. The Morgan fingerprint density at radius 2 is 2.08 bits per heavy atom. The predicted molar refractivity (Wildman–Crippen MR) is 103 cm³/mol. The lowest BCUT2D eigenvalue weighted by atomic mass is 9.59. The fraction of sp³-hybridized carbons (Fsp3) is 0.591. The Labute approximate surface area is 155 Å². The van der Waals surface area contributed by atoms with Gasteiger partial charge >= 0.3 is 5.97 Å². The van der Waals surface area contributed by atoms with E-state index in [0.717, 1.165) is 17.9 Å². The van der Waals surface area contributed by atoms with Gasteiger partial charge in [0.1, 0.15) is 6.10 Å². The van der Waals surface area contributed by atoms with Crippen LogP contribution in [0.5, 0.6) is 0 Å². The van der Waals surface area contributed by atoms with Crippen LogP contribution in [0.4, 0.5) is 0 Å². The third-order valence-electron chi connectivity index (χ3n) is 6.49. The number of carbonyl (C=O) groups is 1. The van der Waals surface area contributed by atoms with Crippen molar-refractivity contribution in [3.8, 4) is 0 Å². The van der Waals surface area contributed by atoms with Crippen LogP contribution in [0.2, 0.25) is 0 Å². The Kier molecular flexibility index (Phi) is 4.70. The maximum Gasteiger partial charge on any atom is 0.310 e. The van der Waals surface area contributed by atoms with E-state index < -0.39 is 0 Å². The minimum Gasteiger partial charge on any atom is -0.461 e. The van der Waals surface area contributed by atoms with Gasteiger partial charge in [-0.05, 0) is 36.2 Å². The fourth-order valence-corrected chi connectivity index (χ4v) is 6.28. The molecule has 2 aliphatic carbocycles. The average molecular weight is 357 g/mol. The summed E-state index contributed by atoms with van der Waals surface area (Å²) in [4.78, 5) is 12.5. The monoisotopic (exact) mass is 356 g/mol. The smallest absolute Gasteiger partial charge is 0.310 e. The highest BCUT2D eigenvalue weighted by Crippen LogP contribution is 2.54. The summed E-state index contributed by atoms with van der Waals surface area (Å²) in [5, 5.41) is 0. The molecule has 0 spiro atoms. The summed E-state index contributed by atoms with van der Waals surface area (Å²) in [6.45, 7) is 4.75. The van der Waals surface area contributed by atoms with Crippen LogP contribution in [0.3, 0.4) is 0 Å². The molecule has 0 N–H and O–H groups in total. The highest BCUT2D eigenvalue weighted by Gasteiger charge is 2.51. The molecule has 2 nitrogen and oxygen atoms in total. The van der Waals surface area contributed by atoms with Crippen molar-refractivity contribution >= 4 is 17.7 Å². The van der Waals surface area contributed by atoms with E-state index in [4.69, 9.17) is 4.74 Å². The third kappa shape index (κ3) is 3.28. The number of allylic oxidation sites excluding steroid dienone is 1. The van der Waals surface area contributed by atoms with Crippen molar-refractivity contribution in [1.29, 1.82) is 0 Å². The van der Waals surface area contributed by atoms with Crippen LogP contribution in [0.15, 0.2) is 42.0 Å². The summed E-state index contributed by atoms with van der Waals surface area (Å²) < 4.78 is 5.83. The quantitative estimate of drug-likeness (QED) is 0.545. The third-order valence-corrected chi connectivity index (χ3v) is 7.62. The Morgan fingerprint density at radius 3 is 2.88 bits per heavy atom. The average Bonchev–Trinajstić information content (AvgIpc) is 2.88. The van der Waals surface area contributed by atoms with Crippen LogP contribution in [-0.2, 0) is 15.3 Å². The van der Waals surface area contributed by atoms with Gasteiger partial charge in [0.05, 0.1) is 5.92 Å². The van der Waals surface area contributed by atoms with Crippen molar-refractivity contribution in [3.05, 3.63) is 47.5 Å². The number of hydrogen-bond donors (Lipinski definition) is 0. The highest BCUT2D eigenvalue weighted by atomic mass is 32.2. The number of rotatable bonds is 4. The summed E-state index contributed by atoms with van der Waals surface area (Å²) >= 11 is 1.86. The molecule has 4 rings (SSSR count). The minimum absolute atomic E-state index is 0.0299. The van der Waals surface area contributed by atoms with E-state index in [1.807, 2.05) is 17.8 Å². The molecule has 0 aromatic heterocycles. The molecule has 3 heteroatoms. The lowest BCUT2D eigenvalue weighted by Crippen LogP contribution is -2.39. The Bertz CT molecular complexity index is 668. The maximum atomic E-state index is 12.5. The number of carbonyl (C=O) groups excluding carboxylic acids is 1. The van der Waals surface area contributed by atoms with Crippen molar-refractivity contribution in [2.24, 2.45) is 23.2 Å². The van der Waals surface area contributed by atoms with E-state index in [-0.39, 0.29) is 23.4 Å². The van der Waals surface area contributed by atoms with Gasteiger partial charge in [0.25, 0.3) is 0 Å². The maximum absolute atomic E-state index is 12.5. The number of fused-ring (bicyclic) bond motifs is 2. The first kappa shape index (κ1) is 17.2. The standard InChI is InChI=1S/C22H28O2S/c1-15-7-6-10-22(2)12-20-17(11-19(15)22)18(21(23)24-20)14-25-13-16-8-4-3-5-9-16/h3-5,8-9,11,15,17-18,20H,6-7,10,12-14H2,1-2H3. The summed E-state index contributed by atoms with van der Waals surface area (Å²) in [6.07, 6.45) is 7.43. The van der Waals surface area contributed by atoms with E-state index in [2.05, 4.69) is 44.2 Å². The molecule has 1 heterocycles. The van der Waals surface area contributed by atoms with E-state index in [1.54, 1.807) is 5.57 Å². The van der Waals surface area contributed by atoms with Crippen molar-refractivity contribution in [1.82, 2.24) is 0 Å². The van der Waals surface area contributed by atoms with E-state index in [9.17, 15) is 4.79 Å². The zero-order chi connectivity index (χ0) is 17.4. The van der Waals surface area contributed by atoms with E-state index in [0.29, 0.717) is 11.8 Å². The molecule has 5 atom stereocenters. The SMILES string of the molecule is CC1CCCC2(C)CC3OC(=O)C(CSCc4ccccc4)C3C=C12. The molecule has 134 valence electrons. The second-order valence-electron chi connectivity index (χ2n) is 8.34. The van der Waals surface area contributed by atoms with Crippen LogP contribution >= 0.6 is 11.8 Å². The molecule has 1 saturated heterocycles. The van der Waals surface area contributed by atoms with Gasteiger partial charge in [-0.25, -0.2) is 0 Å². The molecule has 0 radical (unpaired) electrons. The van der Waals surface area contributed by atoms with Crippen LogP contribution in [0.1, 0.15) is 45.1 Å². The van der Waals surface area contributed by atoms with Gasteiger partial charge in [-0.1, -0.05) is 62.2 Å². The van der Waals surface area contributed by atoms with Crippen LogP contribution in [0, 0.1) is 23.2 Å². The van der Waals surface area contributed by atoms with Crippen LogP contribution < -0.4 is 0 Å². The normalized spacial score (nSPS) is 37.0. The molecule has 5 unspecified atom stereocenters. The van der Waals surface area contributed by atoms with Gasteiger partial charge in [-0.2, -0.15) is 11.8 Å². The van der Waals surface area contributed by atoms with Gasteiger partial charge in [0, 0.05) is 17.4 Å². The predicted octanol–water partition coefficient (Wildman–Crippen LogP) is 5.23. The molecule has 1 aromatic rings. The first-order valence-corrected chi connectivity index (χ1v) is 10.8. The lowest BCUT2D eigenvalue weighted by Gasteiger charge is -2.46. The number of thioether (sulfide) groups is 1. The van der Waals surface area contributed by atoms with Gasteiger partial charge in [0.2, 0.25) is 0 Å². The largest absolute Gasteiger partial charge is 0.461 e. The Morgan fingerprint density at radius 1 is 1.28 bits per heavy atom. The Hall–Kier alpha value is -1.22. The van der Waals surface area contributed by atoms with Gasteiger partial charge < -0.3 is 4.74 Å². The molecule has 0 bridgehead atoms. The van der Waals surface area contributed by atoms with Crippen LogP contribution in [0.25, 0.3) is 0 Å². The Balaban J connectivity index is 1.47. The molecule has 1 aromatic carbocycles. The molecular formula is C22H28O2S. The first-order valence-electron chi connectivity index (χ1n) is 9.61. The lowest BCUT2D eigenvalue weighted by molar-refractivity contribution is -0.144. The van der Waals surface area contributed by atoms with E-state index in [1.165, 1.54) is 24.8 Å². The van der Waals surface area contributed by atoms with Gasteiger partial charge in [0.15, 0.2) is 0 Å². The van der Waals surface area contributed by atoms with Crippen molar-refractivity contribution < 1.29 is 9.53 Å². The fourth-order valence-electron chi connectivity index (χ4n) is 5.12. The van der Waals surface area contributed by atoms with Gasteiger partial charge in [-0.15, -0.1) is 0 Å². The summed E-state index contributed by atoms with van der Waals surface area (Å²) in [6, 6.07) is 10.5. The summed E-state index contributed by atoms with van der Waals surface area (Å²) in [5.74, 6) is 2.84. The number of hydrogen-bond acceptors (Lipinski definition) is 3. The molecule has 2 fully saturated rings. The molecule has 0 amide bonds. The highest BCUT2D eigenvalue weighted by molar-refractivity contribution is 7.98.